The van der Waals surface area contributed by atoms with Crippen LogP contribution in [0.2, 0.25) is 0 Å². The maximum Gasteiger partial charge on any atom is 0.222 e. The molecule has 4 heteroatoms. The Morgan fingerprint density at radius 1 is 1.18 bits per heavy atom. The molecule has 17 heavy (non-hydrogen) atoms. The van der Waals surface area contributed by atoms with E-state index in [0.29, 0.717) is 17.5 Å². The lowest BCUT2D eigenvalue weighted by Gasteiger charge is -2.08. The molecule has 3 nitrogen and oxygen atoms in total. The van der Waals surface area contributed by atoms with Crippen molar-refractivity contribution in [2.45, 2.75) is 19.7 Å². The smallest absolute Gasteiger partial charge is 0.222 e. The van der Waals surface area contributed by atoms with Crippen molar-refractivity contribution in [2.75, 3.05) is 0 Å². The first-order valence-electron chi connectivity index (χ1n) is 5.31. The Morgan fingerprint density at radius 3 is 2.59 bits per heavy atom. The van der Waals surface area contributed by atoms with Crippen molar-refractivity contribution < 1.29 is 4.74 Å². The van der Waals surface area contributed by atoms with Crippen LogP contribution in [0.4, 0.5) is 0 Å². The minimum atomic E-state index is 0.459. The van der Waals surface area contributed by atoms with Gasteiger partial charge in [0.05, 0.1) is 6.20 Å². The zero-order valence-corrected chi connectivity index (χ0v) is 10.5. The van der Waals surface area contributed by atoms with Crippen LogP contribution in [-0.2, 0) is 5.88 Å². The van der Waals surface area contributed by atoms with Crippen LogP contribution in [0.25, 0.3) is 0 Å². The molecule has 2 aromatic heterocycles. The van der Waals surface area contributed by atoms with Crippen molar-refractivity contribution in [1.82, 2.24) is 9.97 Å². The molecular weight excluding hydrogens is 236 g/mol. The van der Waals surface area contributed by atoms with Gasteiger partial charge in [0, 0.05) is 23.3 Å². The molecule has 88 valence electrons. The van der Waals surface area contributed by atoms with Crippen LogP contribution < -0.4 is 4.74 Å². The Hall–Kier alpha value is -1.61. The van der Waals surface area contributed by atoms with E-state index in [1.807, 2.05) is 32.0 Å². The number of ether oxygens (including phenoxy) is 1. The summed E-state index contributed by atoms with van der Waals surface area (Å²) in [6.45, 7) is 3.88. The summed E-state index contributed by atoms with van der Waals surface area (Å²) in [5.74, 6) is 1.73. The third kappa shape index (κ3) is 2.94. The summed E-state index contributed by atoms with van der Waals surface area (Å²) >= 11 is 5.74. The molecule has 0 bridgehead atoms. The largest absolute Gasteiger partial charge is 0.437 e. The summed E-state index contributed by atoms with van der Waals surface area (Å²) in [6.07, 6.45) is 3.41. The molecule has 0 saturated carbocycles. The Labute approximate surface area is 105 Å². The summed E-state index contributed by atoms with van der Waals surface area (Å²) in [5.41, 5.74) is 2.90. The van der Waals surface area contributed by atoms with Gasteiger partial charge in [0.25, 0.3) is 0 Å². The second-order valence-corrected chi connectivity index (χ2v) is 4.10. The summed E-state index contributed by atoms with van der Waals surface area (Å²) in [4.78, 5) is 8.40. The quantitative estimate of drug-likeness (QED) is 0.778. The monoisotopic (exact) mass is 248 g/mol. The molecular formula is C13H13ClN2O. The summed E-state index contributed by atoms with van der Waals surface area (Å²) in [7, 11) is 0. The normalized spacial score (nSPS) is 10.3. The molecule has 0 aliphatic rings. The molecule has 0 atom stereocenters. The fourth-order valence-electron chi connectivity index (χ4n) is 1.43. The maximum absolute atomic E-state index is 5.74. The van der Waals surface area contributed by atoms with Crippen LogP contribution >= 0.6 is 11.6 Å². The average molecular weight is 249 g/mol. The average Bonchev–Trinajstić information content (AvgIpc) is 2.34. The van der Waals surface area contributed by atoms with E-state index in [4.69, 9.17) is 16.3 Å². The number of hydrogen-bond donors (Lipinski definition) is 0. The van der Waals surface area contributed by atoms with E-state index in [1.54, 1.807) is 12.4 Å². The van der Waals surface area contributed by atoms with E-state index < -0.39 is 0 Å². The van der Waals surface area contributed by atoms with Crippen LogP contribution in [0.15, 0.2) is 30.6 Å². The second-order valence-electron chi connectivity index (χ2n) is 3.84. The van der Waals surface area contributed by atoms with Crippen LogP contribution in [-0.4, -0.2) is 9.97 Å². The highest BCUT2D eigenvalue weighted by Crippen LogP contribution is 2.23. The molecule has 2 rings (SSSR count). The van der Waals surface area contributed by atoms with Gasteiger partial charge in [0.1, 0.15) is 5.75 Å². The fraction of sp³-hybridized carbons (Fsp3) is 0.231. The standard InChI is InChI=1S/C13H13ClN2O/c1-9-5-11(6-14)7-16-13(9)17-12-4-3-10(2)15-8-12/h3-5,7-8H,6H2,1-2H3. The Bertz CT molecular complexity index is 511. The van der Waals surface area contributed by atoms with Crippen LogP contribution in [0.5, 0.6) is 11.6 Å². The minimum Gasteiger partial charge on any atom is -0.437 e. The van der Waals surface area contributed by atoms with Gasteiger partial charge < -0.3 is 4.74 Å². The van der Waals surface area contributed by atoms with Gasteiger partial charge in [-0.1, -0.05) is 0 Å². The lowest BCUT2D eigenvalue weighted by Crippen LogP contribution is -1.93. The lowest BCUT2D eigenvalue weighted by atomic mass is 10.2. The van der Waals surface area contributed by atoms with Gasteiger partial charge >= 0.3 is 0 Å². The van der Waals surface area contributed by atoms with E-state index >= 15 is 0 Å². The van der Waals surface area contributed by atoms with E-state index in [-0.39, 0.29) is 0 Å². The first kappa shape index (κ1) is 11.9. The molecule has 0 amide bonds. The Balaban J connectivity index is 2.21. The molecule has 0 N–H and O–H groups in total. The molecule has 0 saturated heterocycles. The Morgan fingerprint density at radius 2 is 2.00 bits per heavy atom. The third-order valence-corrected chi connectivity index (χ3v) is 2.65. The molecule has 0 aliphatic carbocycles. The first-order valence-corrected chi connectivity index (χ1v) is 5.84. The molecule has 0 radical (unpaired) electrons. The SMILES string of the molecule is Cc1ccc(Oc2ncc(CCl)cc2C)cn1. The van der Waals surface area contributed by atoms with Crippen LogP contribution in [0.3, 0.4) is 0 Å². The van der Waals surface area contributed by atoms with Crippen molar-refractivity contribution in [2.24, 2.45) is 0 Å². The minimum absolute atomic E-state index is 0.459. The van der Waals surface area contributed by atoms with Gasteiger partial charge in [-0.05, 0) is 37.6 Å². The van der Waals surface area contributed by atoms with Gasteiger partial charge in [-0.15, -0.1) is 11.6 Å². The lowest BCUT2D eigenvalue weighted by molar-refractivity contribution is 0.456. The molecule has 0 fully saturated rings. The Kier molecular flexibility index (Phi) is 3.59. The highest BCUT2D eigenvalue weighted by Gasteiger charge is 2.04. The first-order chi connectivity index (χ1) is 8.19. The van der Waals surface area contributed by atoms with Crippen molar-refractivity contribution in [3.63, 3.8) is 0 Å². The molecule has 2 aromatic rings. The third-order valence-electron chi connectivity index (χ3n) is 2.34. The van der Waals surface area contributed by atoms with E-state index in [9.17, 15) is 0 Å². The number of nitrogens with zero attached hydrogens (tertiary/aromatic N) is 2. The highest BCUT2D eigenvalue weighted by atomic mass is 35.5. The van der Waals surface area contributed by atoms with E-state index in [1.165, 1.54) is 0 Å². The van der Waals surface area contributed by atoms with Gasteiger partial charge in [-0.25, -0.2) is 4.98 Å². The number of aromatic nitrogens is 2. The number of halogens is 1. The molecule has 0 aromatic carbocycles. The highest BCUT2D eigenvalue weighted by molar-refractivity contribution is 6.17. The van der Waals surface area contributed by atoms with Gasteiger partial charge in [0.2, 0.25) is 5.88 Å². The van der Waals surface area contributed by atoms with Gasteiger partial charge in [-0.2, -0.15) is 0 Å². The number of aryl methyl sites for hydroxylation is 2. The zero-order chi connectivity index (χ0) is 12.3. The van der Waals surface area contributed by atoms with Gasteiger partial charge in [-0.3, -0.25) is 4.98 Å². The predicted octanol–water partition coefficient (Wildman–Crippen LogP) is 3.62. The predicted molar refractivity (Wildman–Crippen MR) is 67.6 cm³/mol. The van der Waals surface area contributed by atoms with Crippen LogP contribution in [0, 0.1) is 13.8 Å². The number of rotatable bonds is 3. The molecule has 2 heterocycles. The second kappa shape index (κ2) is 5.15. The zero-order valence-electron chi connectivity index (χ0n) is 9.77. The summed E-state index contributed by atoms with van der Waals surface area (Å²) < 4.78 is 5.65. The summed E-state index contributed by atoms with van der Waals surface area (Å²) in [6, 6.07) is 5.74. The number of alkyl halides is 1. The van der Waals surface area contributed by atoms with Crippen molar-refractivity contribution in [3.8, 4) is 11.6 Å². The topological polar surface area (TPSA) is 35.0 Å². The van der Waals surface area contributed by atoms with Crippen molar-refractivity contribution >= 4 is 11.6 Å². The number of pyridine rings is 2. The van der Waals surface area contributed by atoms with Crippen LogP contribution in [0.1, 0.15) is 16.8 Å². The fourth-order valence-corrected chi connectivity index (χ4v) is 1.57. The summed E-state index contributed by atoms with van der Waals surface area (Å²) in [5, 5.41) is 0. The van der Waals surface area contributed by atoms with Crippen molar-refractivity contribution in [1.29, 1.82) is 0 Å². The molecule has 0 aliphatic heterocycles. The van der Waals surface area contributed by atoms with Gasteiger partial charge in [0.15, 0.2) is 0 Å². The number of hydrogen-bond acceptors (Lipinski definition) is 3. The molecule has 0 unspecified atom stereocenters. The van der Waals surface area contributed by atoms with E-state index in [0.717, 1.165) is 16.8 Å². The maximum atomic E-state index is 5.74. The van der Waals surface area contributed by atoms with Crippen molar-refractivity contribution in [3.05, 3.63) is 47.4 Å². The van der Waals surface area contributed by atoms with E-state index in [2.05, 4.69) is 9.97 Å². The molecule has 0 spiro atoms.